The van der Waals surface area contributed by atoms with Crippen molar-refractivity contribution in [1.29, 1.82) is 0 Å². The molecule has 2 atom stereocenters. The maximum atomic E-state index is 12.3. The van der Waals surface area contributed by atoms with E-state index in [1.54, 1.807) is 11.9 Å². The number of rotatable bonds is 6. The van der Waals surface area contributed by atoms with E-state index in [1.807, 2.05) is 6.92 Å². The van der Waals surface area contributed by atoms with Gasteiger partial charge in [-0.15, -0.1) is 0 Å². The Balaban J connectivity index is 2.70. The molecule has 4 heteroatoms. The van der Waals surface area contributed by atoms with Gasteiger partial charge < -0.3 is 10.2 Å². The average molecular weight is 254 g/mol. The minimum atomic E-state index is -0.259. The first-order valence-corrected chi connectivity index (χ1v) is 7.00. The summed E-state index contributed by atoms with van der Waals surface area (Å²) in [6.07, 6.45) is 3.17. The second-order valence-electron chi connectivity index (χ2n) is 5.56. The lowest BCUT2D eigenvalue weighted by atomic mass is 9.97. The van der Waals surface area contributed by atoms with Gasteiger partial charge in [0.05, 0.1) is 12.1 Å². The van der Waals surface area contributed by atoms with E-state index in [1.165, 1.54) is 0 Å². The minimum Gasteiger partial charge on any atom is -0.334 e. The van der Waals surface area contributed by atoms with Crippen LogP contribution in [0.5, 0.6) is 0 Å². The Morgan fingerprint density at radius 2 is 2.06 bits per heavy atom. The van der Waals surface area contributed by atoms with Gasteiger partial charge in [-0.05, 0) is 31.7 Å². The van der Waals surface area contributed by atoms with Gasteiger partial charge in [0, 0.05) is 13.5 Å². The quantitative estimate of drug-likeness (QED) is 0.783. The molecule has 0 spiro atoms. The molecule has 0 aromatic heterocycles. The maximum Gasteiger partial charge on any atom is 0.240 e. The fourth-order valence-corrected chi connectivity index (χ4v) is 2.48. The molecule has 1 amide bonds. The first kappa shape index (κ1) is 15.2. The van der Waals surface area contributed by atoms with Crippen molar-refractivity contribution in [3.05, 3.63) is 0 Å². The number of carbonyl (C=O) groups excluding carboxylic acids is 2. The van der Waals surface area contributed by atoms with Crippen LogP contribution in [0.15, 0.2) is 0 Å². The van der Waals surface area contributed by atoms with Crippen LogP contribution < -0.4 is 5.32 Å². The second kappa shape index (κ2) is 6.88. The van der Waals surface area contributed by atoms with Gasteiger partial charge in [0.25, 0.3) is 0 Å². The molecular weight excluding hydrogens is 228 g/mol. The lowest BCUT2D eigenvalue weighted by molar-refractivity contribution is -0.139. The fraction of sp³-hybridized carbons (Fsp3) is 0.857. The van der Waals surface area contributed by atoms with Crippen LogP contribution in [-0.4, -0.2) is 42.3 Å². The van der Waals surface area contributed by atoms with Crippen molar-refractivity contribution in [2.75, 3.05) is 13.6 Å². The van der Waals surface area contributed by atoms with Crippen LogP contribution in [0.2, 0.25) is 0 Å². The molecule has 1 fully saturated rings. The molecule has 0 bridgehead atoms. The summed E-state index contributed by atoms with van der Waals surface area (Å²) in [5, 5.41) is 3.20. The zero-order valence-electron chi connectivity index (χ0n) is 12.0. The molecule has 1 heterocycles. The zero-order valence-corrected chi connectivity index (χ0v) is 12.0. The molecule has 0 unspecified atom stereocenters. The Bertz CT molecular complexity index is 296. The number of Topliss-reactive ketones (excluding diaryl/α,β-unsaturated/α-hetero) is 1. The van der Waals surface area contributed by atoms with Gasteiger partial charge in [-0.3, -0.25) is 9.59 Å². The molecule has 104 valence electrons. The molecular formula is C14H26N2O2. The summed E-state index contributed by atoms with van der Waals surface area (Å²) >= 11 is 0. The SMILES string of the molecule is CCC(=O)[C@H](CC(C)C)N(C)C(=O)[C@@H]1CCCN1. The Hall–Kier alpha value is -0.900. The van der Waals surface area contributed by atoms with Crippen molar-refractivity contribution in [2.45, 2.75) is 58.5 Å². The van der Waals surface area contributed by atoms with Crippen molar-refractivity contribution < 1.29 is 9.59 Å². The van der Waals surface area contributed by atoms with Gasteiger partial charge >= 0.3 is 0 Å². The summed E-state index contributed by atoms with van der Waals surface area (Å²) in [5.74, 6) is 0.648. The van der Waals surface area contributed by atoms with Crippen molar-refractivity contribution in [3.63, 3.8) is 0 Å². The van der Waals surface area contributed by atoms with Crippen LogP contribution in [0.1, 0.15) is 46.5 Å². The van der Waals surface area contributed by atoms with E-state index in [4.69, 9.17) is 0 Å². The number of likely N-dealkylation sites (N-methyl/N-ethyl adjacent to an activating group) is 1. The van der Waals surface area contributed by atoms with E-state index in [0.29, 0.717) is 12.3 Å². The molecule has 1 rings (SSSR count). The third kappa shape index (κ3) is 3.80. The number of nitrogens with one attached hydrogen (secondary N) is 1. The largest absolute Gasteiger partial charge is 0.334 e. The van der Waals surface area contributed by atoms with Crippen molar-refractivity contribution in [1.82, 2.24) is 10.2 Å². The summed E-state index contributed by atoms with van der Waals surface area (Å²) in [4.78, 5) is 26.0. The molecule has 0 aromatic rings. The topological polar surface area (TPSA) is 49.4 Å². The normalized spacial score (nSPS) is 21.1. The lowest BCUT2D eigenvalue weighted by Gasteiger charge is -2.30. The zero-order chi connectivity index (χ0) is 13.7. The van der Waals surface area contributed by atoms with Crippen molar-refractivity contribution in [2.24, 2.45) is 5.92 Å². The van der Waals surface area contributed by atoms with E-state index >= 15 is 0 Å². The van der Waals surface area contributed by atoms with Crippen LogP contribution in [0.25, 0.3) is 0 Å². The molecule has 18 heavy (non-hydrogen) atoms. The predicted molar refractivity (Wildman–Crippen MR) is 72.3 cm³/mol. The van der Waals surface area contributed by atoms with Crippen LogP contribution in [-0.2, 0) is 9.59 Å². The lowest BCUT2D eigenvalue weighted by Crippen LogP contribution is -2.49. The van der Waals surface area contributed by atoms with Crippen LogP contribution >= 0.6 is 0 Å². The third-order valence-electron chi connectivity index (χ3n) is 3.59. The summed E-state index contributed by atoms with van der Waals surface area (Å²) in [6, 6.07) is -0.348. The third-order valence-corrected chi connectivity index (χ3v) is 3.59. The average Bonchev–Trinajstić information content (AvgIpc) is 2.86. The number of carbonyl (C=O) groups is 2. The number of ketones is 1. The number of hydrogen-bond acceptors (Lipinski definition) is 3. The minimum absolute atomic E-state index is 0.0694. The standard InChI is InChI=1S/C14H26N2O2/c1-5-13(17)12(9-10(2)3)16(4)14(18)11-7-6-8-15-11/h10-12,15H,5-9H2,1-4H3/t11-,12-/m0/s1. The Labute approximate surface area is 110 Å². The van der Waals surface area contributed by atoms with Crippen molar-refractivity contribution >= 4 is 11.7 Å². The molecule has 1 aliphatic rings. The highest BCUT2D eigenvalue weighted by molar-refractivity contribution is 5.90. The molecule has 1 N–H and O–H groups in total. The highest BCUT2D eigenvalue weighted by Crippen LogP contribution is 2.16. The van der Waals surface area contributed by atoms with E-state index in [0.717, 1.165) is 25.8 Å². The number of hydrogen-bond donors (Lipinski definition) is 1. The van der Waals surface area contributed by atoms with Gasteiger partial charge in [-0.2, -0.15) is 0 Å². The van der Waals surface area contributed by atoms with E-state index in [9.17, 15) is 9.59 Å². The van der Waals surface area contributed by atoms with E-state index in [2.05, 4.69) is 19.2 Å². The van der Waals surface area contributed by atoms with Crippen LogP contribution in [0.4, 0.5) is 0 Å². The molecule has 1 aliphatic heterocycles. The Morgan fingerprint density at radius 3 is 2.50 bits per heavy atom. The first-order valence-electron chi connectivity index (χ1n) is 7.00. The van der Waals surface area contributed by atoms with Crippen molar-refractivity contribution in [3.8, 4) is 0 Å². The van der Waals surface area contributed by atoms with Gasteiger partial charge in [-0.25, -0.2) is 0 Å². The first-order chi connectivity index (χ1) is 8.47. The smallest absolute Gasteiger partial charge is 0.240 e. The highest BCUT2D eigenvalue weighted by atomic mass is 16.2. The molecule has 0 radical (unpaired) electrons. The Morgan fingerprint density at radius 1 is 1.39 bits per heavy atom. The van der Waals surface area contributed by atoms with Crippen LogP contribution in [0, 0.1) is 5.92 Å². The summed E-state index contributed by atoms with van der Waals surface area (Å²) < 4.78 is 0. The highest BCUT2D eigenvalue weighted by Gasteiger charge is 2.31. The maximum absolute atomic E-state index is 12.3. The molecule has 4 nitrogen and oxygen atoms in total. The number of nitrogens with zero attached hydrogens (tertiary/aromatic N) is 1. The summed E-state index contributed by atoms with van der Waals surface area (Å²) in [7, 11) is 1.77. The van der Waals surface area contributed by atoms with Gasteiger partial charge in [-0.1, -0.05) is 20.8 Å². The van der Waals surface area contributed by atoms with Gasteiger partial charge in [0.2, 0.25) is 5.91 Å². The number of amides is 1. The van der Waals surface area contributed by atoms with E-state index < -0.39 is 0 Å². The molecule has 0 aromatic carbocycles. The van der Waals surface area contributed by atoms with Gasteiger partial charge in [0.1, 0.15) is 0 Å². The van der Waals surface area contributed by atoms with Crippen LogP contribution in [0.3, 0.4) is 0 Å². The Kier molecular flexibility index (Phi) is 5.79. The molecule has 0 aliphatic carbocycles. The molecule has 0 saturated carbocycles. The monoisotopic (exact) mass is 254 g/mol. The van der Waals surface area contributed by atoms with E-state index in [-0.39, 0.29) is 23.8 Å². The summed E-state index contributed by atoms with van der Waals surface area (Å²) in [5.41, 5.74) is 0. The fourth-order valence-electron chi connectivity index (χ4n) is 2.48. The second-order valence-corrected chi connectivity index (χ2v) is 5.56. The summed E-state index contributed by atoms with van der Waals surface area (Å²) in [6.45, 7) is 6.94. The van der Waals surface area contributed by atoms with Gasteiger partial charge in [0.15, 0.2) is 5.78 Å². The predicted octanol–water partition coefficient (Wildman–Crippen LogP) is 1.59. The molecule has 1 saturated heterocycles.